The van der Waals surface area contributed by atoms with Crippen molar-refractivity contribution in [3.63, 3.8) is 0 Å². The van der Waals surface area contributed by atoms with Gasteiger partial charge in [-0.2, -0.15) is 5.10 Å². The largest absolute Gasteiger partial charge is 0.381 e. The van der Waals surface area contributed by atoms with E-state index in [4.69, 9.17) is 4.74 Å². The Labute approximate surface area is 133 Å². The highest BCUT2D eigenvalue weighted by molar-refractivity contribution is 9.10. The average Bonchev–Trinajstić information content (AvgIpc) is 2.98. The predicted molar refractivity (Wildman–Crippen MR) is 86.5 cm³/mol. The predicted octanol–water partition coefficient (Wildman–Crippen LogP) is 3.15. The lowest BCUT2D eigenvalue weighted by Gasteiger charge is -2.22. The lowest BCUT2D eigenvalue weighted by molar-refractivity contribution is 0.0547. The van der Waals surface area contributed by atoms with Gasteiger partial charge in [0.05, 0.1) is 18.5 Å². The van der Waals surface area contributed by atoms with Gasteiger partial charge in [-0.1, -0.05) is 15.9 Å². The molecule has 0 spiro atoms. The van der Waals surface area contributed by atoms with Gasteiger partial charge in [-0.15, -0.1) is 0 Å². The van der Waals surface area contributed by atoms with Crippen molar-refractivity contribution in [2.75, 3.05) is 19.8 Å². The number of halogens is 1. The van der Waals surface area contributed by atoms with E-state index in [0.717, 1.165) is 36.5 Å². The first kappa shape index (κ1) is 14.8. The van der Waals surface area contributed by atoms with Crippen LogP contribution in [0.25, 0.3) is 5.69 Å². The van der Waals surface area contributed by atoms with Gasteiger partial charge in [0.15, 0.2) is 0 Å². The Morgan fingerprint density at radius 1 is 1.33 bits per heavy atom. The Balaban J connectivity index is 1.51. The summed E-state index contributed by atoms with van der Waals surface area (Å²) in [5, 5.41) is 7.92. The lowest BCUT2D eigenvalue weighted by Crippen LogP contribution is -2.28. The number of benzene rings is 1. The zero-order valence-corrected chi connectivity index (χ0v) is 13.6. The van der Waals surface area contributed by atoms with Crippen LogP contribution in [0, 0.1) is 5.92 Å². The summed E-state index contributed by atoms with van der Waals surface area (Å²) in [5.74, 6) is 0.653. The van der Waals surface area contributed by atoms with Crippen LogP contribution in [0.4, 0.5) is 0 Å². The molecule has 4 nitrogen and oxygen atoms in total. The molecule has 0 radical (unpaired) electrons. The van der Waals surface area contributed by atoms with Crippen LogP contribution in [-0.2, 0) is 11.3 Å². The maximum Gasteiger partial charge on any atom is 0.0646 e. The number of hydrogen-bond acceptors (Lipinski definition) is 3. The van der Waals surface area contributed by atoms with Crippen molar-refractivity contribution in [3.8, 4) is 5.69 Å². The molecule has 3 rings (SSSR count). The van der Waals surface area contributed by atoms with Gasteiger partial charge < -0.3 is 10.1 Å². The maximum atomic E-state index is 5.50. The van der Waals surface area contributed by atoms with E-state index in [1.54, 1.807) is 0 Å². The number of nitrogens with one attached hydrogen (secondary N) is 1. The summed E-state index contributed by atoms with van der Waals surface area (Å²) in [6.45, 7) is 3.69. The first-order valence-corrected chi connectivity index (χ1v) is 8.18. The number of nitrogens with zero attached hydrogens (tertiary/aromatic N) is 2. The highest BCUT2D eigenvalue weighted by Crippen LogP contribution is 2.15. The summed E-state index contributed by atoms with van der Waals surface area (Å²) >= 11 is 3.45. The van der Waals surface area contributed by atoms with Gasteiger partial charge in [0, 0.05) is 35.9 Å². The van der Waals surface area contributed by atoms with Crippen molar-refractivity contribution in [2.45, 2.75) is 19.4 Å². The number of ether oxygens (including phenoxy) is 1. The molecule has 1 atom stereocenters. The van der Waals surface area contributed by atoms with E-state index in [2.05, 4.69) is 32.5 Å². The van der Waals surface area contributed by atoms with Crippen LogP contribution in [0.15, 0.2) is 41.1 Å². The zero-order valence-electron chi connectivity index (χ0n) is 12.0. The topological polar surface area (TPSA) is 39.1 Å². The first-order valence-electron chi connectivity index (χ1n) is 7.39. The minimum atomic E-state index is 0.653. The molecule has 1 aromatic heterocycles. The summed E-state index contributed by atoms with van der Waals surface area (Å²) in [6, 6.07) is 8.15. The van der Waals surface area contributed by atoms with Crippen LogP contribution in [0.5, 0.6) is 0 Å². The Morgan fingerprint density at radius 2 is 2.19 bits per heavy atom. The van der Waals surface area contributed by atoms with Crippen molar-refractivity contribution >= 4 is 15.9 Å². The van der Waals surface area contributed by atoms with E-state index in [1.165, 1.54) is 18.4 Å². The molecule has 1 N–H and O–H groups in total. The van der Waals surface area contributed by atoms with E-state index in [-0.39, 0.29) is 0 Å². The van der Waals surface area contributed by atoms with Gasteiger partial charge in [-0.05, 0) is 43.0 Å². The molecule has 1 aliphatic heterocycles. The molecule has 1 unspecified atom stereocenters. The molecule has 0 saturated carbocycles. The Kier molecular flexibility index (Phi) is 5.06. The summed E-state index contributed by atoms with van der Waals surface area (Å²) in [7, 11) is 0. The summed E-state index contributed by atoms with van der Waals surface area (Å²) in [6.07, 6.45) is 6.46. The molecule has 112 valence electrons. The zero-order chi connectivity index (χ0) is 14.5. The number of aromatic nitrogens is 2. The first-order chi connectivity index (χ1) is 10.3. The van der Waals surface area contributed by atoms with Crippen molar-refractivity contribution in [1.29, 1.82) is 0 Å². The molecule has 1 fully saturated rings. The Bertz CT molecular complexity index is 561. The smallest absolute Gasteiger partial charge is 0.0646 e. The molecular formula is C16H20BrN3O. The van der Waals surface area contributed by atoms with E-state index in [9.17, 15) is 0 Å². The third kappa shape index (κ3) is 4.15. The van der Waals surface area contributed by atoms with Gasteiger partial charge in [-0.25, -0.2) is 4.68 Å². The average molecular weight is 350 g/mol. The summed E-state index contributed by atoms with van der Waals surface area (Å²) in [4.78, 5) is 0. The third-order valence-corrected chi connectivity index (χ3v) is 4.27. The second kappa shape index (κ2) is 7.20. The molecular weight excluding hydrogens is 330 g/mol. The van der Waals surface area contributed by atoms with Crippen LogP contribution >= 0.6 is 15.9 Å². The van der Waals surface area contributed by atoms with E-state index in [1.807, 2.05) is 35.1 Å². The van der Waals surface area contributed by atoms with Gasteiger partial charge in [0.1, 0.15) is 0 Å². The molecule has 2 heterocycles. The maximum absolute atomic E-state index is 5.50. The molecule has 2 aromatic rings. The van der Waals surface area contributed by atoms with Crippen molar-refractivity contribution in [3.05, 3.63) is 46.7 Å². The highest BCUT2D eigenvalue weighted by Gasteiger charge is 2.13. The van der Waals surface area contributed by atoms with Gasteiger partial charge in [0.2, 0.25) is 0 Å². The van der Waals surface area contributed by atoms with Crippen LogP contribution in [0.1, 0.15) is 18.4 Å². The minimum Gasteiger partial charge on any atom is -0.381 e. The third-order valence-electron chi connectivity index (χ3n) is 3.74. The fourth-order valence-corrected chi connectivity index (χ4v) is 2.84. The molecule has 1 aliphatic rings. The van der Waals surface area contributed by atoms with Crippen LogP contribution in [-0.4, -0.2) is 29.5 Å². The van der Waals surface area contributed by atoms with Crippen molar-refractivity contribution < 1.29 is 4.74 Å². The molecule has 5 heteroatoms. The van der Waals surface area contributed by atoms with E-state index >= 15 is 0 Å². The second-order valence-electron chi connectivity index (χ2n) is 5.48. The van der Waals surface area contributed by atoms with Gasteiger partial charge in [-0.3, -0.25) is 0 Å². The van der Waals surface area contributed by atoms with Gasteiger partial charge >= 0.3 is 0 Å². The van der Waals surface area contributed by atoms with E-state index in [0.29, 0.717) is 5.92 Å². The quantitative estimate of drug-likeness (QED) is 0.901. The van der Waals surface area contributed by atoms with Crippen molar-refractivity contribution in [1.82, 2.24) is 15.1 Å². The molecule has 1 saturated heterocycles. The lowest BCUT2D eigenvalue weighted by atomic mass is 10.0. The van der Waals surface area contributed by atoms with Crippen LogP contribution in [0.3, 0.4) is 0 Å². The highest BCUT2D eigenvalue weighted by atomic mass is 79.9. The normalized spacial score (nSPS) is 18.8. The van der Waals surface area contributed by atoms with Crippen LogP contribution < -0.4 is 5.32 Å². The molecule has 21 heavy (non-hydrogen) atoms. The van der Waals surface area contributed by atoms with Gasteiger partial charge in [0.25, 0.3) is 0 Å². The van der Waals surface area contributed by atoms with Crippen LogP contribution in [0.2, 0.25) is 0 Å². The summed E-state index contributed by atoms with van der Waals surface area (Å²) in [5.41, 5.74) is 2.28. The van der Waals surface area contributed by atoms with E-state index < -0.39 is 0 Å². The number of hydrogen-bond donors (Lipinski definition) is 1. The number of rotatable bonds is 5. The summed E-state index contributed by atoms with van der Waals surface area (Å²) < 4.78 is 8.48. The fraction of sp³-hybridized carbons (Fsp3) is 0.438. The molecule has 1 aromatic carbocycles. The minimum absolute atomic E-state index is 0.653. The molecule has 0 aliphatic carbocycles. The Morgan fingerprint density at radius 3 is 2.95 bits per heavy atom. The van der Waals surface area contributed by atoms with Crippen molar-refractivity contribution in [2.24, 2.45) is 5.92 Å². The monoisotopic (exact) mass is 349 g/mol. The Hall–Kier alpha value is -1.17. The molecule has 0 amide bonds. The fourth-order valence-electron chi connectivity index (χ4n) is 2.58. The standard InChI is InChI=1S/C16H20BrN3O/c17-15-3-5-16(6-4-15)20-11-14(10-19-20)9-18-8-13-2-1-7-21-12-13/h3-6,10-11,13,18H,1-2,7-9,12H2. The molecule has 0 bridgehead atoms. The SMILES string of the molecule is Brc1ccc(-n2cc(CNCC3CCCOC3)cn2)cc1. The second-order valence-corrected chi connectivity index (χ2v) is 6.40.